The zero-order chi connectivity index (χ0) is 22.1. The molecule has 3 heterocycles. The predicted molar refractivity (Wildman–Crippen MR) is 106 cm³/mol. The van der Waals surface area contributed by atoms with Crippen molar-refractivity contribution in [1.29, 1.82) is 0 Å². The molecule has 2 fully saturated rings. The molecule has 2 aliphatic rings. The Hall–Kier alpha value is -2.75. The van der Waals surface area contributed by atoms with Crippen LogP contribution in [0.15, 0.2) is 18.5 Å². The van der Waals surface area contributed by atoms with Gasteiger partial charge in [0.1, 0.15) is 17.2 Å². The van der Waals surface area contributed by atoms with Gasteiger partial charge >= 0.3 is 6.09 Å². The number of ether oxygens (including phenoxy) is 1. The van der Waals surface area contributed by atoms with E-state index >= 15 is 0 Å². The third kappa shape index (κ3) is 4.38. The molecule has 0 aliphatic carbocycles. The zero-order valence-electron chi connectivity index (χ0n) is 17.8. The first-order chi connectivity index (χ1) is 14.0. The van der Waals surface area contributed by atoms with E-state index in [2.05, 4.69) is 15.3 Å². The van der Waals surface area contributed by atoms with E-state index in [1.807, 2.05) is 0 Å². The molecule has 1 aromatic rings. The molecule has 0 aromatic carbocycles. The van der Waals surface area contributed by atoms with Gasteiger partial charge in [-0.15, -0.1) is 0 Å². The van der Waals surface area contributed by atoms with Gasteiger partial charge in [-0.2, -0.15) is 0 Å². The molecule has 3 unspecified atom stereocenters. The number of amides is 3. The molecule has 0 bridgehead atoms. The Balaban J connectivity index is 1.61. The van der Waals surface area contributed by atoms with Crippen molar-refractivity contribution in [3.63, 3.8) is 0 Å². The van der Waals surface area contributed by atoms with Crippen molar-refractivity contribution in [2.75, 3.05) is 19.6 Å². The maximum Gasteiger partial charge on any atom is 0.411 e. The van der Waals surface area contributed by atoms with Crippen LogP contribution in [0.1, 0.15) is 52.4 Å². The molecule has 0 saturated carbocycles. The van der Waals surface area contributed by atoms with Gasteiger partial charge in [-0.1, -0.05) is 0 Å². The summed E-state index contributed by atoms with van der Waals surface area (Å²) in [7, 11) is 0. The molecular formula is C20H29N5O5. The Morgan fingerprint density at radius 3 is 2.57 bits per heavy atom. The number of carbonyl (C=O) groups excluding carboxylic acids is 3. The van der Waals surface area contributed by atoms with Crippen LogP contribution in [-0.4, -0.2) is 79.7 Å². The van der Waals surface area contributed by atoms with Crippen molar-refractivity contribution >= 4 is 17.9 Å². The summed E-state index contributed by atoms with van der Waals surface area (Å²) in [4.78, 5) is 49.0. The number of aromatic nitrogens is 2. The van der Waals surface area contributed by atoms with E-state index < -0.39 is 35.3 Å². The van der Waals surface area contributed by atoms with Gasteiger partial charge in [-0.05, 0) is 46.6 Å². The molecule has 3 rings (SSSR count). The Kier molecular flexibility index (Phi) is 5.98. The van der Waals surface area contributed by atoms with E-state index in [4.69, 9.17) is 4.74 Å². The monoisotopic (exact) mass is 419 g/mol. The van der Waals surface area contributed by atoms with Crippen molar-refractivity contribution in [3.05, 3.63) is 24.3 Å². The highest BCUT2D eigenvalue weighted by Crippen LogP contribution is 2.39. The largest absolute Gasteiger partial charge is 0.444 e. The fourth-order valence-electron chi connectivity index (χ4n) is 3.90. The van der Waals surface area contributed by atoms with E-state index in [1.165, 1.54) is 29.1 Å². The summed E-state index contributed by atoms with van der Waals surface area (Å²) in [5.41, 5.74) is -1.57. The fraction of sp³-hybridized carbons (Fsp3) is 0.650. The SMILES string of the molecule is CC(O)C(NC(=O)CN1CC2(CCCN2C(=O)OC(C)(C)C)C1=O)c1ncccn1. The maximum absolute atomic E-state index is 12.9. The number of aliphatic hydroxyl groups excluding tert-OH is 1. The Morgan fingerprint density at radius 1 is 1.33 bits per heavy atom. The van der Waals surface area contributed by atoms with Gasteiger partial charge in [0, 0.05) is 18.9 Å². The molecule has 30 heavy (non-hydrogen) atoms. The highest BCUT2D eigenvalue weighted by atomic mass is 16.6. The highest BCUT2D eigenvalue weighted by molar-refractivity contribution is 5.98. The second-order valence-electron chi connectivity index (χ2n) is 8.82. The molecule has 1 aromatic heterocycles. The normalized spacial score (nSPS) is 23.2. The minimum Gasteiger partial charge on any atom is -0.444 e. The first-order valence-electron chi connectivity index (χ1n) is 10.1. The molecule has 2 aliphatic heterocycles. The summed E-state index contributed by atoms with van der Waals surface area (Å²) in [6.07, 6.45) is 2.90. The van der Waals surface area contributed by atoms with E-state index in [0.29, 0.717) is 25.2 Å². The van der Waals surface area contributed by atoms with Crippen LogP contribution in [0.2, 0.25) is 0 Å². The number of nitrogens with one attached hydrogen (secondary N) is 1. The lowest BCUT2D eigenvalue weighted by Crippen LogP contribution is -2.73. The smallest absolute Gasteiger partial charge is 0.411 e. The lowest BCUT2D eigenvalue weighted by atomic mass is 9.85. The van der Waals surface area contributed by atoms with Gasteiger partial charge in [-0.3, -0.25) is 14.5 Å². The van der Waals surface area contributed by atoms with E-state index in [0.717, 1.165) is 0 Å². The average molecular weight is 419 g/mol. The third-order valence-electron chi connectivity index (χ3n) is 5.24. The second-order valence-corrected chi connectivity index (χ2v) is 8.82. The molecule has 3 amide bonds. The van der Waals surface area contributed by atoms with Gasteiger partial charge in [0.2, 0.25) is 5.91 Å². The lowest BCUT2D eigenvalue weighted by Gasteiger charge is -2.50. The van der Waals surface area contributed by atoms with Crippen molar-refractivity contribution in [2.45, 2.75) is 63.8 Å². The van der Waals surface area contributed by atoms with Crippen LogP contribution in [0.25, 0.3) is 0 Å². The Bertz CT molecular complexity index is 810. The zero-order valence-corrected chi connectivity index (χ0v) is 17.8. The molecule has 3 atom stereocenters. The fourth-order valence-corrected chi connectivity index (χ4v) is 3.90. The van der Waals surface area contributed by atoms with Crippen molar-refractivity contribution < 1.29 is 24.2 Å². The minimum absolute atomic E-state index is 0.168. The lowest BCUT2D eigenvalue weighted by molar-refractivity contribution is -0.162. The first kappa shape index (κ1) is 21.9. The molecule has 2 N–H and O–H groups in total. The Labute approximate surface area is 175 Å². The van der Waals surface area contributed by atoms with Gasteiger partial charge in [0.05, 0.1) is 19.2 Å². The van der Waals surface area contributed by atoms with Crippen LogP contribution >= 0.6 is 0 Å². The average Bonchev–Trinajstić information content (AvgIpc) is 3.11. The van der Waals surface area contributed by atoms with Crippen LogP contribution in [0.5, 0.6) is 0 Å². The summed E-state index contributed by atoms with van der Waals surface area (Å²) in [6.45, 7) is 7.43. The predicted octanol–water partition coefficient (Wildman–Crippen LogP) is 0.627. The molecule has 164 valence electrons. The molecule has 10 nitrogen and oxygen atoms in total. The van der Waals surface area contributed by atoms with Crippen LogP contribution in [-0.2, 0) is 14.3 Å². The summed E-state index contributed by atoms with van der Waals surface area (Å²) >= 11 is 0. The minimum atomic E-state index is -0.922. The number of hydrogen-bond donors (Lipinski definition) is 2. The van der Waals surface area contributed by atoms with Crippen molar-refractivity contribution in [1.82, 2.24) is 25.1 Å². The molecule has 0 radical (unpaired) electrons. The highest BCUT2D eigenvalue weighted by Gasteiger charge is 2.60. The second kappa shape index (κ2) is 8.17. The summed E-state index contributed by atoms with van der Waals surface area (Å²) in [6, 6.07) is 0.856. The number of likely N-dealkylation sites (tertiary alicyclic amines) is 2. The van der Waals surface area contributed by atoms with Crippen molar-refractivity contribution in [2.24, 2.45) is 0 Å². The maximum atomic E-state index is 12.9. The first-order valence-corrected chi connectivity index (χ1v) is 10.1. The third-order valence-corrected chi connectivity index (χ3v) is 5.24. The molecule has 10 heteroatoms. The standard InChI is InChI=1S/C20H29N5O5/c1-13(26)15(16-21-8-6-9-22-16)23-14(27)11-24-12-20(17(24)28)7-5-10-25(20)18(29)30-19(2,3)4/h6,8-9,13,15,26H,5,7,10-12H2,1-4H3,(H,23,27). The summed E-state index contributed by atoms with van der Waals surface area (Å²) < 4.78 is 5.44. The topological polar surface area (TPSA) is 125 Å². The van der Waals surface area contributed by atoms with Gasteiger partial charge in [0.25, 0.3) is 5.91 Å². The quantitative estimate of drug-likeness (QED) is 0.671. The van der Waals surface area contributed by atoms with Crippen LogP contribution in [0.4, 0.5) is 4.79 Å². The van der Waals surface area contributed by atoms with Crippen LogP contribution in [0, 0.1) is 0 Å². The van der Waals surface area contributed by atoms with Gasteiger partial charge < -0.3 is 20.1 Å². The number of nitrogens with zero attached hydrogens (tertiary/aromatic N) is 4. The Morgan fingerprint density at radius 2 is 2.00 bits per heavy atom. The number of hydrogen-bond acceptors (Lipinski definition) is 7. The van der Waals surface area contributed by atoms with Crippen molar-refractivity contribution in [3.8, 4) is 0 Å². The summed E-state index contributed by atoms with van der Waals surface area (Å²) in [5, 5.41) is 12.7. The van der Waals surface area contributed by atoms with E-state index in [-0.39, 0.29) is 19.0 Å². The van der Waals surface area contributed by atoms with Crippen LogP contribution in [0.3, 0.4) is 0 Å². The molecule has 1 spiro atoms. The molecule has 2 saturated heterocycles. The summed E-state index contributed by atoms with van der Waals surface area (Å²) in [5.74, 6) is -0.400. The van der Waals surface area contributed by atoms with Gasteiger partial charge in [-0.25, -0.2) is 14.8 Å². The van der Waals surface area contributed by atoms with Crippen LogP contribution < -0.4 is 5.32 Å². The number of β-lactam (4-membered cyclic amide) rings is 1. The van der Waals surface area contributed by atoms with Gasteiger partial charge in [0.15, 0.2) is 5.82 Å². The molecular weight excluding hydrogens is 390 g/mol. The number of rotatable bonds is 5. The number of carbonyl (C=O) groups is 3. The number of aliphatic hydroxyl groups is 1. The van der Waals surface area contributed by atoms with E-state index in [9.17, 15) is 19.5 Å². The van der Waals surface area contributed by atoms with E-state index in [1.54, 1.807) is 26.8 Å².